The van der Waals surface area contributed by atoms with Gasteiger partial charge >= 0.3 is 12.1 Å². The van der Waals surface area contributed by atoms with Crippen LogP contribution in [-0.4, -0.2) is 15.9 Å². The Morgan fingerprint density at radius 2 is 1.71 bits per heavy atom. The zero-order valence-corrected chi connectivity index (χ0v) is 14.2. The van der Waals surface area contributed by atoms with Gasteiger partial charge in [-0.1, -0.05) is 30.3 Å². The first-order chi connectivity index (χ1) is 13.3. The summed E-state index contributed by atoms with van der Waals surface area (Å²) in [5.41, 5.74) is -1.31. The van der Waals surface area contributed by atoms with Crippen molar-refractivity contribution >= 4 is 17.6 Å². The second-order valence-electron chi connectivity index (χ2n) is 5.65. The normalized spacial score (nSPS) is 11.1. The van der Waals surface area contributed by atoms with Gasteiger partial charge in [-0.05, 0) is 29.8 Å². The summed E-state index contributed by atoms with van der Waals surface area (Å²) >= 11 is 0. The lowest BCUT2D eigenvalue weighted by Gasteiger charge is -2.13. The number of nitrogens with zero attached hydrogens (tertiary/aromatic N) is 2. The molecule has 0 unspecified atom stereocenters. The molecular weight excluding hydrogens is 378 g/mol. The number of hydrogen-bond acceptors (Lipinski definition) is 5. The maximum Gasteiger partial charge on any atom is 0.434 e. The number of anilines is 2. The van der Waals surface area contributed by atoms with E-state index in [-0.39, 0.29) is 12.3 Å². The molecule has 1 heterocycles. The van der Waals surface area contributed by atoms with Gasteiger partial charge in [0.05, 0.1) is 0 Å². The van der Waals surface area contributed by atoms with Gasteiger partial charge in [-0.15, -0.1) is 0 Å². The van der Waals surface area contributed by atoms with Crippen LogP contribution in [0.15, 0.2) is 60.8 Å². The van der Waals surface area contributed by atoms with E-state index in [1.165, 1.54) is 12.1 Å². The number of benzene rings is 2. The summed E-state index contributed by atoms with van der Waals surface area (Å²) in [7, 11) is 0. The fourth-order valence-corrected chi connectivity index (χ4v) is 2.27. The maximum atomic E-state index is 13.4. The second-order valence-corrected chi connectivity index (χ2v) is 5.65. The number of carbonyl (C=O) groups is 1. The summed E-state index contributed by atoms with van der Waals surface area (Å²) in [5.74, 6) is -2.08. The molecule has 3 rings (SSSR count). The highest BCUT2D eigenvalue weighted by molar-refractivity contribution is 5.90. The predicted octanol–water partition coefficient (Wildman–Crippen LogP) is 4.74. The van der Waals surface area contributed by atoms with Crippen LogP contribution in [-0.2, 0) is 17.5 Å². The molecule has 0 saturated carbocycles. The number of hydrogen-bond donors (Lipinski definition) is 1. The highest BCUT2D eigenvalue weighted by Gasteiger charge is 2.38. The second kappa shape index (κ2) is 8.03. The van der Waals surface area contributed by atoms with Crippen molar-refractivity contribution < 1.29 is 27.1 Å². The van der Waals surface area contributed by atoms with E-state index in [0.29, 0.717) is 5.56 Å². The van der Waals surface area contributed by atoms with E-state index in [1.54, 1.807) is 30.3 Å². The molecule has 0 aliphatic heterocycles. The minimum absolute atomic E-state index is 0.188. The fraction of sp³-hybridized carbons (Fsp3) is 0.105. The van der Waals surface area contributed by atoms with Gasteiger partial charge in [0.25, 0.3) is 0 Å². The third-order valence-electron chi connectivity index (χ3n) is 3.59. The van der Waals surface area contributed by atoms with Crippen LogP contribution in [0.5, 0.6) is 0 Å². The Kier molecular flexibility index (Phi) is 5.53. The van der Waals surface area contributed by atoms with Gasteiger partial charge in [0.1, 0.15) is 18.0 Å². The van der Waals surface area contributed by atoms with Crippen LogP contribution < -0.4 is 5.32 Å². The minimum Gasteiger partial charge on any atom is -0.457 e. The van der Waals surface area contributed by atoms with Gasteiger partial charge in [-0.2, -0.15) is 13.2 Å². The Labute approximate surface area is 157 Å². The van der Waals surface area contributed by atoms with Crippen LogP contribution in [0.4, 0.5) is 29.2 Å². The molecule has 0 spiro atoms. The Morgan fingerprint density at radius 1 is 1.04 bits per heavy atom. The Morgan fingerprint density at radius 3 is 2.36 bits per heavy atom. The van der Waals surface area contributed by atoms with E-state index in [1.807, 2.05) is 0 Å². The maximum absolute atomic E-state index is 13.4. The van der Waals surface area contributed by atoms with E-state index in [9.17, 15) is 22.4 Å². The predicted molar refractivity (Wildman–Crippen MR) is 92.3 cm³/mol. The van der Waals surface area contributed by atoms with Gasteiger partial charge in [0.2, 0.25) is 5.95 Å². The number of alkyl halides is 3. The van der Waals surface area contributed by atoms with E-state index in [2.05, 4.69) is 15.3 Å². The highest BCUT2D eigenvalue weighted by Crippen LogP contribution is 2.31. The van der Waals surface area contributed by atoms with Crippen molar-refractivity contribution in [2.24, 2.45) is 0 Å². The van der Waals surface area contributed by atoms with Crippen LogP contribution in [0.1, 0.15) is 21.6 Å². The molecule has 0 amide bonds. The molecule has 9 heteroatoms. The van der Waals surface area contributed by atoms with Crippen LogP contribution in [0.25, 0.3) is 0 Å². The molecule has 0 aliphatic rings. The molecular formula is C19H13F4N3O2. The lowest BCUT2D eigenvalue weighted by Crippen LogP contribution is -2.19. The zero-order chi connectivity index (χ0) is 20.1. The molecule has 5 nitrogen and oxygen atoms in total. The Bertz CT molecular complexity index is 961. The van der Waals surface area contributed by atoms with Gasteiger partial charge in [-0.3, -0.25) is 0 Å². The lowest BCUT2D eigenvalue weighted by molar-refractivity contribution is -0.141. The van der Waals surface area contributed by atoms with E-state index in [4.69, 9.17) is 4.74 Å². The SMILES string of the molecule is O=C(OCc1ccccc1)c1cnc(Nc2ccc(F)cc2)nc1C(F)(F)F. The summed E-state index contributed by atoms with van der Waals surface area (Å²) in [6, 6.07) is 13.4. The van der Waals surface area contributed by atoms with Crippen molar-refractivity contribution in [2.75, 3.05) is 5.32 Å². The van der Waals surface area contributed by atoms with Crippen molar-refractivity contribution in [1.29, 1.82) is 0 Å². The zero-order valence-electron chi connectivity index (χ0n) is 14.2. The Balaban J connectivity index is 1.82. The largest absolute Gasteiger partial charge is 0.457 e. The number of nitrogens with one attached hydrogen (secondary N) is 1. The average Bonchev–Trinajstić information content (AvgIpc) is 2.68. The third kappa shape index (κ3) is 4.81. The summed E-state index contributed by atoms with van der Waals surface area (Å²) in [6.07, 6.45) is -4.15. The van der Waals surface area contributed by atoms with Crippen LogP contribution in [0.3, 0.4) is 0 Å². The van der Waals surface area contributed by atoms with Gasteiger partial charge < -0.3 is 10.1 Å². The van der Waals surface area contributed by atoms with Crippen molar-refractivity contribution in [3.63, 3.8) is 0 Å². The van der Waals surface area contributed by atoms with Crippen molar-refractivity contribution in [3.8, 4) is 0 Å². The standard InChI is InChI=1S/C19H13F4N3O2/c20-13-6-8-14(9-7-13)25-18-24-10-15(16(26-18)19(21,22)23)17(27)28-11-12-4-2-1-3-5-12/h1-10H,11H2,(H,24,25,26). The third-order valence-corrected chi connectivity index (χ3v) is 3.59. The fourth-order valence-electron chi connectivity index (χ4n) is 2.27. The number of halogens is 4. The first kappa shape index (κ1) is 19.3. The summed E-state index contributed by atoms with van der Waals surface area (Å²) in [4.78, 5) is 19.3. The van der Waals surface area contributed by atoms with Crippen molar-refractivity contribution in [1.82, 2.24) is 9.97 Å². The molecule has 2 aromatic carbocycles. The number of esters is 1. The number of rotatable bonds is 5. The van der Waals surface area contributed by atoms with Crippen LogP contribution >= 0.6 is 0 Å². The first-order valence-corrected chi connectivity index (χ1v) is 8.01. The van der Waals surface area contributed by atoms with Gasteiger partial charge in [0, 0.05) is 11.9 Å². The smallest absolute Gasteiger partial charge is 0.434 e. The molecule has 28 heavy (non-hydrogen) atoms. The van der Waals surface area contributed by atoms with E-state index in [0.717, 1.165) is 18.3 Å². The van der Waals surface area contributed by atoms with Crippen LogP contribution in [0.2, 0.25) is 0 Å². The summed E-state index contributed by atoms with van der Waals surface area (Å²) in [5, 5.41) is 2.53. The monoisotopic (exact) mass is 391 g/mol. The molecule has 1 aromatic heterocycles. The molecule has 0 bridgehead atoms. The quantitative estimate of drug-likeness (QED) is 0.503. The van der Waals surface area contributed by atoms with Gasteiger partial charge in [-0.25, -0.2) is 19.2 Å². The highest BCUT2D eigenvalue weighted by atomic mass is 19.4. The van der Waals surface area contributed by atoms with Crippen molar-refractivity contribution in [2.45, 2.75) is 12.8 Å². The molecule has 0 radical (unpaired) electrons. The van der Waals surface area contributed by atoms with E-state index < -0.39 is 35.2 Å². The number of carbonyl (C=O) groups excluding carboxylic acids is 1. The molecule has 0 aliphatic carbocycles. The molecule has 144 valence electrons. The molecule has 1 N–H and O–H groups in total. The number of aromatic nitrogens is 2. The molecule has 0 atom stereocenters. The first-order valence-electron chi connectivity index (χ1n) is 8.01. The Hall–Kier alpha value is -3.49. The molecule has 3 aromatic rings. The topological polar surface area (TPSA) is 64.1 Å². The van der Waals surface area contributed by atoms with E-state index >= 15 is 0 Å². The molecule has 0 fully saturated rings. The number of ether oxygens (including phenoxy) is 1. The summed E-state index contributed by atoms with van der Waals surface area (Å²) in [6.45, 7) is -0.188. The van der Waals surface area contributed by atoms with Crippen LogP contribution in [0, 0.1) is 5.82 Å². The minimum atomic E-state index is -4.90. The van der Waals surface area contributed by atoms with Crippen molar-refractivity contribution in [3.05, 3.63) is 83.4 Å². The van der Waals surface area contributed by atoms with Gasteiger partial charge in [0.15, 0.2) is 5.69 Å². The average molecular weight is 391 g/mol. The summed E-state index contributed by atoms with van der Waals surface area (Å²) < 4.78 is 58.0. The lowest BCUT2D eigenvalue weighted by atomic mass is 10.2. The molecule has 0 saturated heterocycles.